The molecule has 33 heavy (non-hydrogen) atoms. The second-order valence-electron chi connectivity index (χ2n) is 8.88. The van der Waals surface area contributed by atoms with Crippen molar-refractivity contribution >= 4 is 27.5 Å². The lowest BCUT2D eigenvalue weighted by molar-refractivity contribution is -0.123. The van der Waals surface area contributed by atoms with Gasteiger partial charge in [0.15, 0.2) is 0 Å². The minimum absolute atomic E-state index is 0.0173. The summed E-state index contributed by atoms with van der Waals surface area (Å²) in [5, 5.41) is 2.93. The highest BCUT2D eigenvalue weighted by Gasteiger charge is 2.30. The van der Waals surface area contributed by atoms with Crippen LogP contribution in [0.25, 0.3) is 0 Å². The molecular formula is C25H33N3O4S. The third kappa shape index (κ3) is 6.00. The van der Waals surface area contributed by atoms with Crippen LogP contribution in [0.4, 0.5) is 5.69 Å². The molecule has 0 aliphatic carbocycles. The maximum absolute atomic E-state index is 13.2. The Kier molecular flexibility index (Phi) is 7.92. The van der Waals surface area contributed by atoms with E-state index in [9.17, 15) is 18.0 Å². The molecule has 0 bridgehead atoms. The quantitative estimate of drug-likeness (QED) is 0.585. The second-order valence-corrected chi connectivity index (χ2v) is 10.6. The second kappa shape index (κ2) is 10.5. The molecular weight excluding hydrogens is 438 g/mol. The number of anilines is 1. The van der Waals surface area contributed by atoms with Crippen molar-refractivity contribution < 1.29 is 18.0 Å². The number of hydrogen-bond donors (Lipinski definition) is 2. The van der Waals surface area contributed by atoms with Crippen LogP contribution < -0.4 is 14.9 Å². The van der Waals surface area contributed by atoms with Crippen LogP contribution in [0.2, 0.25) is 0 Å². The number of rotatable bonds is 9. The van der Waals surface area contributed by atoms with Crippen molar-refractivity contribution in [3.63, 3.8) is 0 Å². The molecule has 2 N–H and O–H groups in total. The zero-order chi connectivity index (χ0) is 24.2. The maximum atomic E-state index is 13.2. The van der Waals surface area contributed by atoms with Crippen LogP contribution in [0.15, 0.2) is 53.4 Å². The molecule has 8 heteroatoms. The summed E-state index contributed by atoms with van der Waals surface area (Å²) in [6.45, 7) is 8.13. The molecule has 2 unspecified atom stereocenters. The Morgan fingerprint density at radius 1 is 1.06 bits per heavy atom. The van der Waals surface area contributed by atoms with Crippen LogP contribution in [0, 0.1) is 5.92 Å². The highest BCUT2D eigenvalue weighted by molar-refractivity contribution is 7.89. The molecule has 1 aliphatic rings. The van der Waals surface area contributed by atoms with Gasteiger partial charge in [-0.25, -0.2) is 8.42 Å². The molecule has 2 aromatic carbocycles. The largest absolute Gasteiger partial charge is 0.348 e. The Labute approximate surface area is 196 Å². The van der Waals surface area contributed by atoms with Crippen LogP contribution >= 0.6 is 0 Å². The van der Waals surface area contributed by atoms with E-state index in [-0.39, 0.29) is 28.7 Å². The number of sulfonamides is 1. The molecule has 0 aromatic heterocycles. The van der Waals surface area contributed by atoms with Gasteiger partial charge in [0.1, 0.15) is 6.04 Å². The molecule has 7 nitrogen and oxygen atoms in total. The molecule has 178 valence electrons. The van der Waals surface area contributed by atoms with E-state index in [2.05, 4.69) is 10.0 Å². The average molecular weight is 472 g/mol. The van der Waals surface area contributed by atoms with Crippen molar-refractivity contribution in [2.24, 2.45) is 5.92 Å². The summed E-state index contributed by atoms with van der Waals surface area (Å²) in [6.07, 6.45) is 1.37. The Morgan fingerprint density at radius 2 is 1.76 bits per heavy atom. The monoisotopic (exact) mass is 471 g/mol. The molecule has 0 radical (unpaired) electrons. The standard InChI is InChI=1S/C25H33N3O4S/c1-5-24(29)28-14-13-20-16-21(11-12-23(20)28)33(31,32)27-22(15-17(2)3)25(30)26-18(4)19-9-7-6-8-10-19/h6-12,16-18,22,27H,5,13-15H2,1-4H3,(H,26,30). The van der Waals surface area contributed by atoms with E-state index in [0.717, 1.165) is 16.8 Å². The Hall–Kier alpha value is -2.71. The van der Waals surface area contributed by atoms with Crippen molar-refractivity contribution in [2.45, 2.75) is 63.9 Å². The number of carbonyl (C=O) groups excluding carboxylic acids is 2. The van der Waals surface area contributed by atoms with E-state index in [1.54, 1.807) is 17.0 Å². The fraction of sp³-hybridized carbons (Fsp3) is 0.440. The molecule has 2 aromatic rings. The first-order valence-corrected chi connectivity index (χ1v) is 12.9. The summed E-state index contributed by atoms with van der Waals surface area (Å²) in [7, 11) is -3.93. The van der Waals surface area contributed by atoms with Crippen LogP contribution in [0.3, 0.4) is 0 Å². The Balaban J connectivity index is 1.78. The van der Waals surface area contributed by atoms with Gasteiger partial charge in [-0.2, -0.15) is 4.72 Å². The number of nitrogens with one attached hydrogen (secondary N) is 2. The molecule has 1 heterocycles. The maximum Gasteiger partial charge on any atom is 0.241 e. The average Bonchev–Trinajstić information content (AvgIpc) is 3.21. The van der Waals surface area contributed by atoms with E-state index in [1.165, 1.54) is 6.07 Å². The number of hydrogen-bond acceptors (Lipinski definition) is 4. The van der Waals surface area contributed by atoms with Crippen LogP contribution in [0.1, 0.15) is 57.7 Å². The third-order valence-corrected chi connectivity index (χ3v) is 7.31. The minimum atomic E-state index is -3.93. The summed E-state index contributed by atoms with van der Waals surface area (Å²) in [5.74, 6) is -0.225. The number of carbonyl (C=O) groups is 2. The topological polar surface area (TPSA) is 95.6 Å². The Morgan fingerprint density at radius 3 is 2.39 bits per heavy atom. The van der Waals surface area contributed by atoms with Crippen molar-refractivity contribution in [3.8, 4) is 0 Å². The van der Waals surface area contributed by atoms with E-state index >= 15 is 0 Å². The van der Waals surface area contributed by atoms with Crippen molar-refractivity contribution in [2.75, 3.05) is 11.4 Å². The molecule has 1 aliphatic heterocycles. The lowest BCUT2D eigenvalue weighted by atomic mass is 10.0. The molecule has 2 amide bonds. The van der Waals surface area contributed by atoms with Crippen molar-refractivity contribution in [1.29, 1.82) is 0 Å². The lowest BCUT2D eigenvalue weighted by Gasteiger charge is -2.23. The fourth-order valence-electron chi connectivity index (χ4n) is 4.07. The van der Waals surface area contributed by atoms with Gasteiger partial charge in [-0.3, -0.25) is 9.59 Å². The highest BCUT2D eigenvalue weighted by atomic mass is 32.2. The predicted molar refractivity (Wildman–Crippen MR) is 129 cm³/mol. The van der Waals surface area contributed by atoms with Crippen LogP contribution in [-0.4, -0.2) is 32.8 Å². The van der Waals surface area contributed by atoms with Crippen molar-refractivity contribution in [3.05, 3.63) is 59.7 Å². The first-order valence-electron chi connectivity index (χ1n) is 11.4. The van der Waals surface area contributed by atoms with Gasteiger partial charge < -0.3 is 10.2 Å². The van der Waals surface area contributed by atoms with E-state index in [1.807, 2.05) is 58.0 Å². The van der Waals surface area contributed by atoms with Gasteiger partial charge in [0.25, 0.3) is 0 Å². The van der Waals surface area contributed by atoms with Crippen LogP contribution in [-0.2, 0) is 26.0 Å². The molecule has 0 saturated heterocycles. The number of nitrogens with zero attached hydrogens (tertiary/aromatic N) is 1. The highest BCUT2D eigenvalue weighted by Crippen LogP contribution is 2.30. The molecule has 2 atom stereocenters. The zero-order valence-corrected chi connectivity index (χ0v) is 20.5. The zero-order valence-electron chi connectivity index (χ0n) is 19.7. The van der Waals surface area contributed by atoms with Crippen molar-refractivity contribution in [1.82, 2.24) is 10.0 Å². The summed E-state index contributed by atoms with van der Waals surface area (Å²) >= 11 is 0. The van der Waals surface area contributed by atoms with Gasteiger partial charge >= 0.3 is 0 Å². The molecule has 0 fully saturated rings. The van der Waals surface area contributed by atoms with Gasteiger partial charge in [-0.05, 0) is 55.0 Å². The first kappa shape index (κ1) is 24.9. The normalized spacial score (nSPS) is 15.2. The fourth-order valence-corrected chi connectivity index (χ4v) is 5.33. The van der Waals surface area contributed by atoms with Gasteiger partial charge in [-0.15, -0.1) is 0 Å². The lowest BCUT2D eigenvalue weighted by Crippen LogP contribution is -2.47. The van der Waals surface area contributed by atoms with E-state index < -0.39 is 16.1 Å². The first-order chi connectivity index (χ1) is 15.6. The Bertz CT molecular complexity index is 1100. The van der Waals surface area contributed by atoms with E-state index in [0.29, 0.717) is 25.8 Å². The van der Waals surface area contributed by atoms with Gasteiger partial charge in [0.2, 0.25) is 21.8 Å². The summed E-state index contributed by atoms with van der Waals surface area (Å²) in [5.41, 5.74) is 2.53. The third-order valence-electron chi connectivity index (χ3n) is 5.84. The molecule has 3 rings (SSSR count). The minimum Gasteiger partial charge on any atom is -0.348 e. The van der Waals surface area contributed by atoms with E-state index in [4.69, 9.17) is 0 Å². The molecule has 0 spiro atoms. The van der Waals surface area contributed by atoms with Crippen LogP contribution in [0.5, 0.6) is 0 Å². The molecule has 0 saturated carbocycles. The predicted octanol–water partition coefficient (Wildman–Crippen LogP) is 3.56. The number of fused-ring (bicyclic) bond motifs is 1. The summed E-state index contributed by atoms with van der Waals surface area (Å²) < 4.78 is 29.0. The number of benzene rings is 2. The summed E-state index contributed by atoms with van der Waals surface area (Å²) in [4.78, 5) is 26.9. The SMILES string of the molecule is CCC(=O)N1CCc2cc(S(=O)(=O)NC(CC(C)C)C(=O)NC(C)c3ccccc3)ccc21. The van der Waals surface area contributed by atoms with Gasteiger partial charge in [-0.1, -0.05) is 51.1 Å². The summed E-state index contributed by atoms with van der Waals surface area (Å²) in [6, 6.07) is 13.2. The van der Waals surface area contributed by atoms with Gasteiger partial charge in [0, 0.05) is 18.7 Å². The van der Waals surface area contributed by atoms with Gasteiger partial charge in [0.05, 0.1) is 10.9 Å². The number of amides is 2. The smallest absolute Gasteiger partial charge is 0.241 e.